The van der Waals surface area contributed by atoms with Gasteiger partial charge in [-0.25, -0.2) is 0 Å². The fraction of sp³-hybridized carbons (Fsp3) is 0.455. The molecule has 2 fully saturated rings. The zero-order valence-corrected chi connectivity index (χ0v) is 16.2. The van der Waals surface area contributed by atoms with Crippen molar-refractivity contribution in [1.82, 2.24) is 19.8 Å². The lowest BCUT2D eigenvalue weighted by atomic mass is 9.82. The second kappa shape index (κ2) is 7.13. The predicted molar refractivity (Wildman–Crippen MR) is 107 cm³/mol. The summed E-state index contributed by atoms with van der Waals surface area (Å²) < 4.78 is 1.88. The maximum absolute atomic E-state index is 12.9. The summed E-state index contributed by atoms with van der Waals surface area (Å²) in [4.78, 5) is 43.4. The van der Waals surface area contributed by atoms with Crippen LogP contribution in [0.1, 0.15) is 37.3 Å². The molecule has 5 rings (SSSR count). The minimum absolute atomic E-state index is 0.00583. The van der Waals surface area contributed by atoms with Crippen molar-refractivity contribution in [3.05, 3.63) is 52.6 Å². The third-order valence-corrected chi connectivity index (χ3v) is 6.38. The lowest BCUT2D eigenvalue weighted by molar-refractivity contribution is -0.134. The van der Waals surface area contributed by atoms with Crippen molar-refractivity contribution >= 4 is 11.8 Å². The second-order valence-corrected chi connectivity index (χ2v) is 8.44. The molecule has 0 saturated carbocycles. The van der Waals surface area contributed by atoms with Crippen LogP contribution in [0.25, 0.3) is 11.3 Å². The number of piperidine rings is 1. The minimum atomic E-state index is -0.0394. The Balaban J connectivity index is 1.39. The van der Waals surface area contributed by atoms with Crippen molar-refractivity contribution in [1.29, 1.82) is 0 Å². The molecular formula is C22H24N4O3. The minimum Gasteiger partial charge on any atom is -0.353 e. The summed E-state index contributed by atoms with van der Waals surface area (Å²) >= 11 is 0. The number of fused-ring (bicyclic) bond motifs is 4. The third kappa shape index (κ3) is 3.45. The van der Waals surface area contributed by atoms with Crippen molar-refractivity contribution in [2.75, 3.05) is 13.1 Å². The topological polar surface area (TPSA) is 84.3 Å². The number of carbonyl (C=O) groups is 2. The molecule has 2 bridgehead atoms. The van der Waals surface area contributed by atoms with E-state index in [4.69, 9.17) is 0 Å². The van der Waals surface area contributed by atoms with Crippen LogP contribution in [0.5, 0.6) is 0 Å². The molecule has 29 heavy (non-hydrogen) atoms. The maximum Gasteiger partial charge on any atom is 0.251 e. The van der Waals surface area contributed by atoms with E-state index in [9.17, 15) is 14.4 Å². The van der Waals surface area contributed by atoms with Gasteiger partial charge < -0.3 is 14.8 Å². The van der Waals surface area contributed by atoms with Gasteiger partial charge in [-0.1, -0.05) is 6.07 Å². The van der Waals surface area contributed by atoms with Crippen LogP contribution < -0.4 is 10.9 Å². The number of aromatic nitrogens is 2. The average Bonchev–Trinajstić information content (AvgIpc) is 3.13. The first-order valence-electron chi connectivity index (χ1n) is 10.3. The highest BCUT2D eigenvalue weighted by Crippen LogP contribution is 2.36. The van der Waals surface area contributed by atoms with Gasteiger partial charge in [-0.2, -0.15) is 0 Å². The van der Waals surface area contributed by atoms with E-state index in [1.54, 1.807) is 12.3 Å². The Kier molecular flexibility index (Phi) is 4.45. The van der Waals surface area contributed by atoms with Gasteiger partial charge in [0.25, 0.3) is 5.56 Å². The number of nitrogens with zero attached hydrogens (tertiary/aromatic N) is 3. The van der Waals surface area contributed by atoms with Gasteiger partial charge in [0.1, 0.15) is 0 Å². The highest BCUT2D eigenvalue weighted by molar-refractivity contribution is 5.82. The lowest BCUT2D eigenvalue weighted by Gasteiger charge is -2.43. The van der Waals surface area contributed by atoms with Crippen LogP contribution in [-0.2, 0) is 16.1 Å². The molecule has 2 amide bonds. The molecule has 0 aliphatic carbocycles. The summed E-state index contributed by atoms with van der Waals surface area (Å²) in [5, 5.41) is 2.88. The number of nitrogens with one attached hydrogen (secondary N) is 1. The maximum atomic E-state index is 12.9. The van der Waals surface area contributed by atoms with Gasteiger partial charge >= 0.3 is 0 Å². The molecule has 5 heterocycles. The van der Waals surface area contributed by atoms with Crippen molar-refractivity contribution in [3.63, 3.8) is 0 Å². The molecule has 7 heteroatoms. The summed E-state index contributed by atoms with van der Waals surface area (Å²) in [6.07, 6.45) is 4.33. The second-order valence-electron chi connectivity index (χ2n) is 8.44. The highest BCUT2D eigenvalue weighted by Gasteiger charge is 2.37. The van der Waals surface area contributed by atoms with Crippen LogP contribution >= 0.6 is 0 Å². The van der Waals surface area contributed by atoms with Crippen LogP contribution in [0.3, 0.4) is 0 Å². The van der Waals surface area contributed by atoms with E-state index in [2.05, 4.69) is 16.4 Å². The van der Waals surface area contributed by atoms with Crippen molar-refractivity contribution in [3.8, 4) is 11.3 Å². The molecule has 2 aromatic rings. The van der Waals surface area contributed by atoms with Crippen molar-refractivity contribution < 1.29 is 9.59 Å². The van der Waals surface area contributed by atoms with Gasteiger partial charge in [-0.05, 0) is 37.0 Å². The molecule has 3 aliphatic rings. The van der Waals surface area contributed by atoms with E-state index in [1.807, 2.05) is 27.7 Å². The molecular weight excluding hydrogens is 368 g/mol. The number of pyridine rings is 2. The Morgan fingerprint density at radius 3 is 2.83 bits per heavy atom. The first kappa shape index (κ1) is 18.1. The van der Waals surface area contributed by atoms with Gasteiger partial charge in [0.2, 0.25) is 11.8 Å². The summed E-state index contributed by atoms with van der Waals surface area (Å²) in [7, 11) is 0. The first-order chi connectivity index (χ1) is 14.1. The smallest absolute Gasteiger partial charge is 0.251 e. The monoisotopic (exact) mass is 392 g/mol. The summed E-state index contributed by atoms with van der Waals surface area (Å²) in [5.74, 6) is 0.583. The number of carbonyl (C=O) groups excluding carboxylic acids is 2. The van der Waals surface area contributed by atoms with E-state index in [0.717, 1.165) is 29.8 Å². The van der Waals surface area contributed by atoms with Gasteiger partial charge in [-0.15, -0.1) is 0 Å². The molecule has 7 nitrogen and oxygen atoms in total. The van der Waals surface area contributed by atoms with Gasteiger partial charge in [0, 0.05) is 68.0 Å². The number of rotatable bonds is 3. The third-order valence-electron chi connectivity index (χ3n) is 6.38. The molecule has 3 aliphatic heterocycles. The van der Waals surface area contributed by atoms with E-state index in [0.29, 0.717) is 38.4 Å². The van der Waals surface area contributed by atoms with E-state index in [1.165, 1.54) is 0 Å². The van der Waals surface area contributed by atoms with Crippen molar-refractivity contribution in [2.24, 2.45) is 5.92 Å². The molecule has 0 radical (unpaired) electrons. The molecule has 2 saturated heterocycles. The zero-order chi connectivity index (χ0) is 20.0. The molecule has 0 unspecified atom stereocenters. The predicted octanol–water partition coefficient (Wildman–Crippen LogP) is 1.52. The van der Waals surface area contributed by atoms with Crippen LogP contribution in [0.15, 0.2) is 41.3 Å². The number of likely N-dealkylation sites (tertiary alicyclic amines) is 1. The summed E-state index contributed by atoms with van der Waals surface area (Å²) in [5.41, 5.74) is 2.63. The first-order valence-corrected chi connectivity index (χ1v) is 10.3. The number of hydrogen-bond acceptors (Lipinski definition) is 4. The van der Waals surface area contributed by atoms with Crippen LogP contribution in [0.2, 0.25) is 0 Å². The Morgan fingerprint density at radius 1 is 1.17 bits per heavy atom. The number of amides is 2. The fourth-order valence-electron chi connectivity index (χ4n) is 5.01. The Hall–Kier alpha value is -2.96. The molecule has 150 valence electrons. The largest absolute Gasteiger partial charge is 0.353 e. The molecule has 2 aromatic heterocycles. The Bertz CT molecular complexity index is 1020. The standard InChI is InChI=1S/C22H24N4O3/c27-20-5-4-17(24-20)10-21(28)25-11-14-7-16(13-25)19-8-15(9-22(29)26(19)12-14)18-3-1-2-6-23-18/h1-3,6,8-9,14,16-17H,4-5,7,10-13H2,(H,24,27)/t14-,16+,17-/m0/s1. The van der Waals surface area contributed by atoms with E-state index < -0.39 is 0 Å². The SMILES string of the molecule is O=C1CC[C@@H](CC(=O)N2C[C@@H]3C[C@H](C2)c2cc(-c4ccccn4)cc(=O)n2C3)N1. The lowest BCUT2D eigenvalue weighted by Crippen LogP contribution is -2.50. The summed E-state index contributed by atoms with van der Waals surface area (Å²) in [6, 6.07) is 9.37. The number of hydrogen-bond donors (Lipinski definition) is 1. The Labute approximate surface area is 168 Å². The van der Waals surface area contributed by atoms with Gasteiger partial charge in [0.05, 0.1) is 5.69 Å². The molecule has 0 spiro atoms. The van der Waals surface area contributed by atoms with Gasteiger partial charge in [-0.3, -0.25) is 19.4 Å². The average molecular weight is 392 g/mol. The zero-order valence-electron chi connectivity index (χ0n) is 16.2. The summed E-state index contributed by atoms with van der Waals surface area (Å²) in [6.45, 7) is 1.96. The van der Waals surface area contributed by atoms with E-state index in [-0.39, 0.29) is 29.3 Å². The quantitative estimate of drug-likeness (QED) is 0.859. The van der Waals surface area contributed by atoms with Crippen LogP contribution in [0, 0.1) is 5.92 Å². The van der Waals surface area contributed by atoms with Crippen molar-refractivity contribution in [2.45, 2.75) is 44.2 Å². The highest BCUT2D eigenvalue weighted by atomic mass is 16.2. The Morgan fingerprint density at radius 2 is 2.07 bits per heavy atom. The normalized spacial score (nSPS) is 25.4. The van der Waals surface area contributed by atoms with Gasteiger partial charge in [0.15, 0.2) is 0 Å². The van der Waals surface area contributed by atoms with E-state index >= 15 is 0 Å². The molecule has 1 N–H and O–H groups in total. The molecule has 3 atom stereocenters. The fourth-order valence-corrected chi connectivity index (χ4v) is 5.01. The van der Waals surface area contributed by atoms with Crippen LogP contribution in [0.4, 0.5) is 0 Å². The molecule has 0 aromatic carbocycles. The van der Waals surface area contributed by atoms with Crippen LogP contribution in [-0.4, -0.2) is 45.4 Å².